The standard InChI is InChI=1S/C12H15NOS2/c1-13-11(15)12(8-5-9-16(12)14)10-6-3-2-4-7-10/h2-4,6-7H,5,8-9H2,1H3,(H,13,15). The lowest BCUT2D eigenvalue weighted by molar-refractivity contribution is 0.577. The Morgan fingerprint density at radius 1 is 1.44 bits per heavy atom. The van der Waals surface area contributed by atoms with Crippen molar-refractivity contribution in [3.05, 3.63) is 35.9 Å². The van der Waals surface area contributed by atoms with Gasteiger partial charge in [-0.3, -0.25) is 0 Å². The molecule has 0 aromatic heterocycles. The van der Waals surface area contributed by atoms with E-state index in [-0.39, 0.29) is 0 Å². The van der Waals surface area contributed by atoms with Gasteiger partial charge in [0.05, 0.1) is 0 Å². The number of thiocarbonyl (C=S) groups is 1. The molecule has 0 amide bonds. The van der Waals surface area contributed by atoms with Gasteiger partial charge in [0.1, 0.15) is 10.7 Å². The Balaban J connectivity index is 2.47. The molecule has 1 aromatic carbocycles. The van der Waals surface area contributed by atoms with E-state index in [0.717, 1.165) is 24.2 Å². The summed E-state index contributed by atoms with van der Waals surface area (Å²) in [5.74, 6) is 0.747. The van der Waals surface area contributed by atoms with Gasteiger partial charge < -0.3 is 9.87 Å². The summed E-state index contributed by atoms with van der Waals surface area (Å²) >= 11 is 4.48. The van der Waals surface area contributed by atoms with Gasteiger partial charge in [-0.15, -0.1) is 0 Å². The van der Waals surface area contributed by atoms with Crippen LogP contribution in [0, 0.1) is 0 Å². The molecule has 1 aromatic rings. The van der Waals surface area contributed by atoms with Gasteiger partial charge in [-0.2, -0.15) is 0 Å². The topological polar surface area (TPSA) is 35.1 Å². The molecule has 86 valence electrons. The number of likely N-dealkylation sites (N-methyl/N-ethyl adjacent to an activating group) is 1. The van der Waals surface area contributed by atoms with Gasteiger partial charge in [-0.25, -0.2) is 0 Å². The Kier molecular flexibility index (Phi) is 3.52. The fraction of sp³-hybridized carbons (Fsp3) is 0.417. The van der Waals surface area contributed by atoms with E-state index in [1.807, 2.05) is 37.4 Å². The molecule has 0 saturated carbocycles. The van der Waals surface area contributed by atoms with Crippen LogP contribution < -0.4 is 5.32 Å². The number of hydrogen-bond donors (Lipinski definition) is 1. The lowest BCUT2D eigenvalue weighted by Crippen LogP contribution is -2.45. The molecule has 2 rings (SSSR count). The Labute approximate surface area is 105 Å². The highest BCUT2D eigenvalue weighted by atomic mass is 32.2. The molecule has 0 aliphatic carbocycles. The molecule has 16 heavy (non-hydrogen) atoms. The third kappa shape index (κ3) is 1.75. The fourth-order valence-corrected chi connectivity index (χ4v) is 4.61. The van der Waals surface area contributed by atoms with Gasteiger partial charge >= 0.3 is 0 Å². The van der Waals surface area contributed by atoms with E-state index in [9.17, 15) is 4.55 Å². The van der Waals surface area contributed by atoms with E-state index >= 15 is 0 Å². The van der Waals surface area contributed by atoms with E-state index < -0.39 is 15.9 Å². The number of benzene rings is 1. The second-order valence-corrected chi connectivity index (χ2v) is 6.13. The highest BCUT2D eigenvalue weighted by molar-refractivity contribution is 7.95. The molecule has 4 heteroatoms. The molecule has 1 heterocycles. The van der Waals surface area contributed by atoms with Crippen LogP contribution in [-0.4, -0.2) is 22.3 Å². The highest BCUT2D eigenvalue weighted by Gasteiger charge is 2.51. The van der Waals surface area contributed by atoms with Gasteiger partial charge in [0, 0.05) is 19.0 Å². The molecule has 0 radical (unpaired) electrons. The Hall–Kier alpha value is -0.580. The lowest BCUT2D eigenvalue weighted by Gasteiger charge is -2.30. The first-order valence-corrected chi connectivity index (χ1v) is 7.11. The van der Waals surface area contributed by atoms with Crippen molar-refractivity contribution in [2.75, 3.05) is 12.8 Å². The largest absolute Gasteiger partial charge is 0.615 e. The zero-order valence-electron chi connectivity index (χ0n) is 9.23. The predicted molar refractivity (Wildman–Crippen MR) is 72.0 cm³/mol. The van der Waals surface area contributed by atoms with Crippen molar-refractivity contribution in [2.24, 2.45) is 0 Å². The van der Waals surface area contributed by atoms with Crippen molar-refractivity contribution in [1.82, 2.24) is 5.32 Å². The molecule has 1 N–H and O–H groups in total. The van der Waals surface area contributed by atoms with Gasteiger partial charge in [0.15, 0.2) is 4.75 Å². The minimum absolute atomic E-state index is 0.453. The SMILES string of the molecule is CNC(=S)C1(c2ccccc2)CCC[S+]1[O-]. The first-order chi connectivity index (χ1) is 7.71. The van der Waals surface area contributed by atoms with Crippen LogP contribution in [0.25, 0.3) is 0 Å². The molecule has 2 unspecified atom stereocenters. The smallest absolute Gasteiger partial charge is 0.200 e. The molecule has 1 aliphatic rings. The van der Waals surface area contributed by atoms with Crippen LogP contribution in [0.1, 0.15) is 18.4 Å². The second kappa shape index (κ2) is 4.73. The first kappa shape index (κ1) is 11.9. The van der Waals surface area contributed by atoms with E-state index in [1.54, 1.807) is 0 Å². The predicted octanol–water partition coefficient (Wildman–Crippen LogP) is 1.97. The minimum atomic E-state index is -0.904. The second-order valence-electron chi connectivity index (χ2n) is 3.93. The summed E-state index contributed by atoms with van der Waals surface area (Å²) < 4.78 is 11.8. The van der Waals surface area contributed by atoms with Crippen molar-refractivity contribution in [3.63, 3.8) is 0 Å². The molecule has 2 atom stereocenters. The van der Waals surface area contributed by atoms with Crippen LogP contribution in [0.15, 0.2) is 30.3 Å². The van der Waals surface area contributed by atoms with Crippen molar-refractivity contribution >= 4 is 28.4 Å². The molecule has 1 saturated heterocycles. The summed E-state index contributed by atoms with van der Waals surface area (Å²) in [7, 11) is 1.81. The molecular weight excluding hydrogens is 238 g/mol. The Bertz CT molecular complexity index is 382. The van der Waals surface area contributed by atoms with Crippen LogP contribution in [0.2, 0.25) is 0 Å². The summed E-state index contributed by atoms with van der Waals surface area (Å²) in [6.07, 6.45) is 1.85. The molecule has 0 bridgehead atoms. The van der Waals surface area contributed by atoms with Gasteiger partial charge in [0.25, 0.3) is 0 Å². The third-order valence-electron chi connectivity index (χ3n) is 3.08. The van der Waals surface area contributed by atoms with Crippen molar-refractivity contribution in [2.45, 2.75) is 17.6 Å². The average molecular weight is 253 g/mol. The summed E-state index contributed by atoms with van der Waals surface area (Å²) in [6.45, 7) is 0. The highest BCUT2D eigenvalue weighted by Crippen LogP contribution is 2.42. The zero-order valence-corrected chi connectivity index (χ0v) is 10.9. The summed E-state index contributed by atoms with van der Waals surface area (Å²) in [5.41, 5.74) is 1.07. The molecule has 0 spiro atoms. The van der Waals surface area contributed by atoms with Gasteiger partial charge in [0.2, 0.25) is 0 Å². The Morgan fingerprint density at radius 2 is 2.12 bits per heavy atom. The van der Waals surface area contributed by atoms with E-state index in [2.05, 4.69) is 5.32 Å². The maximum Gasteiger partial charge on any atom is 0.200 e. The Morgan fingerprint density at radius 3 is 2.62 bits per heavy atom. The summed E-state index contributed by atoms with van der Waals surface area (Å²) in [4.78, 5) is 0.703. The number of hydrogen-bond acceptors (Lipinski definition) is 2. The summed E-state index contributed by atoms with van der Waals surface area (Å²) in [5, 5.41) is 3.02. The normalized spacial score (nSPS) is 29.0. The quantitative estimate of drug-likeness (QED) is 0.646. The number of rotatable bonds is 2. The molecule has 1 aliphatic heterocycles. The van der Waals surface area contributed by atoms with Gasteiger partial charge in [-0.1, -0.05) is 42.5 Å². The van der Waals surface area contributed by atoms with Crippen LogP contribution in [-0.2, 0) is 15.9 Å². The zero-order chi connectivity index (χ0) is 11.6. The maximum absolute atomic E-state index is 12.3. The lowest BCUT2D eigenvalue weighted by atomic mass is 9.93. The monoisotopic (exact) mass is 253 g/mol. The molecular formula is C12H15NOS2. The van der Waals surface area contributed by atoms with Crippen LogP contribution in [0.3, 0.4) is 0 Å². The van der Waals surface area contributed by atoms with E-state index in [4.69, 9.17) is 12.2 Å². The fourth-order valence-electron chi connectivity index (χ4n) is 2.27. The summed E-state index contributed by atoms with van der Waals surface area (Å²) in [6, 6.07) is 9.97. The molecule has 2 nitrogen and oxygen atoms in total. The first-order valence-electron chi connectivity index (χ1n) is 5.38. The maximum atomic E-state index is 12.3. The van der Waals surface area contributed by atoms with Crippen molar-refractivity contribution in [1.29, 1.82) is 0 Å². The van der Waals surface area contributed by atoms with Crippen molar-refractivity contribution < 1.29 is 4.55 Å². The van der Waals surface area contributed by atoms with Crippen molar-refractivity contribution in [3.8, 4) is 0 Å². The number of nitrogens with one attached hydrogen (secondary N) is 1. The van der Waals surface area contributed by atoms with Crippen LogP contribution >= 0.6 is 12.2 Å². The van der Waals surface area contributed by atoms with Gasteiger partial charge in [-0.05, 0) is 17.6 Å². The van der Waals surface area contributed by atoms with E-state index in [1.165, 1.54) is 0 Å². The van der Waals surface area contributed by atoms with Crippen LogP contribution in [0.5, 0.6) is 0 Å². The third-order valence-corrected chi connectivity index (χ3v) is 5.84. The van der Waals surface area contributed by atoms with Crippen LogP contribution in [0.4, 0.5) is 0 Å². The minimum Gasteiger partial charge on any atom is -0.615 e. The molecule has 1 fully saturated rings. The van der Waals surface area contributed by atoms with E-state index in [0.29, 0.717) is 4.99 Å². The average Bonchev–Trinajstić information content (AvgIpc) is 2.72.